The van der Waals surface area contributed by atoms with Gasteiger partial charge >= 0.3 is 0 Å². The van der Waals surface area contributed by atoms with E-state index in [2.05, 4.69) is 111 Å². The maximum atomic E-state index is 4.86. The van der Waals surface area contributed by atoms with Gasteiger partial charge in [0.2, 0.25) is 23.6 Å². The zero-order valence-corrected chi connectivity index (χ0v) is 47.9. The Labute approximate surface area is 431 Å². The first-order chi connectivity index (χ1) is 32.9. The Morgan fingerprint density at radius 1 is 0.314 bits per heavy atom. The standard InChI is InChI=1S/4C4H6N2O.6C4H6N2S/c1-3-5-6-4(2)7-3;2*1-3-5-4(2)7-6-3;1-3-4(2)6-7-5-3;1-3-5-6-4(2)7-3;2*1-3-5-4(2)7-6-3;2*1-3-4(2)7-6-5-3;1-3-4(2)6-7-5-3/h10*1-2H3. The van der Waals surface area contributed by atoms with Crippen molar-refractivity contribution in [1.82, 2.24) is 97.6 Å². The number of aromatic nitrogens is 20. The van der Waals surface area contributed by atoms with Crippen LogP contribution in [0, 0.1) is 138 Å². The van der Waals surface area contributed by atoms with Crippen LogP contribution in [0.4, 0.5) is 0 Å². The minimum Gasteiger partial charge on any atom is -0.426 e. The Bertz CT molecular complexity index is 2250. The summed E-state index contributed by atoms with van der Waals surface area (Å²) in [6, 6.07) is 0. The molecule has 10 aromatic heterocycles. The van der Waals surface area contributed by atoms with Gasteiger partial charge in [0.15, 0.2) is 11.6 Å². The molecule has 10 rings (SSSR count). The Hall–Kier alpha value is -6.08. The number of hydrogen-bond acceptors (Lipinski definition) is 30. The van der Waals surface area contributed by atoms with E-state index < -0.39 is 0 Å². The molecule has 0 spiro atoms. The molecule has 0 atom stereocenters. The molecule has 0 unspecified atom stereocenters. The summed E-state index contributed by atoms with van der Waals surface area (Å²) in [5, 5.41) is 40.6. The van der Waals surface area contributed by atoms with Crippen LogP contribution < -0.4 is 0 Å². The number of rotatable bonds is 0. The maximum Gasteiger partial charge on any atom is 0.223 e. The molecule has 0 fully saturated rings. The molecule has 0 radical (unpaired) electrons. The van der Waals surface area contributed by atoms with Crippen molar-refractivity contribution in [1.29, 1.82) is 0 Å². The second-order valence-electron chi connectivity index (χ2n) is 13.8. The van der Waals surface area contributed by atoms with Gasteiger partial charge in [0.05, 0.1) is 34.5 Å². The highest BCUT2D eigenvalue weighted by atomic mass is 32.1. The fourth-order valence-electron chi connectivity index (χ4n) is 3.50. The zero-order chi connectivity index (χ0) is 52.8. The highest BCUT2D eigenvalue weighted by molar-refractivity contribution is 7.11. The lowest BCUT2D eigenvalue weighted by Gasteiger charge is -1.75. The minimum atomic E-state index is 0.623. The van der Waals surface area contributed by atoms with Crippen LogP contribution in [-0.4, -0.2) is 97.6 Å². The maximum absolute atomic E-state index is 4.86. The quantitative estimate of drug-likeness (QED) is 0.136. The minimum absolute atomic E-state index is 0.623. The lowest BCUT2D eigenvalue weighted by molar-refractivity contribution is 0.302. The lowest BCUT2D eigenvalue weighted by atomic mass is 10.4. The summed E-state index contributed by atoms with van der Waals surface area (Å²) >= 11 is 8.66. The van der Waals surface area contributed by atoms with E-state index in [1.165, 1.54) is 67.6 Å². The number of nitrogens with zero attached hydrogens (tertiary/aromatic N) is 20. The van der Waals surface area contributed by atoms with E-state index in [0.29, 0.717) is 35.2 Å². The highest BCUT2D eigenvalue weighted by Gasteiger charge is 1.96. The van der Waals surface area contributed by atoms with Gasteiger partial charge in [0.25, 0.3) is 0 Å². The van der Waals surface area contributed by atoms with Crippen molar-refractivity contribution in [3.05, 3.63) is 111 Å². The van der Waals surface area contributed by atoms with Crippen LogP contribution in [0.15, 0.2) is 18.1 Å². The van der Waals surface area contributed by atoms with Gasteiger partial charge in [-0.2, -0.15) is 27.5 Å². The van der Waals surface area contributed by atoms with Crippen LogP contribution in [0.3, 0.4) is 0 Å². The van der Waals surface area contributed by atoms with Crippen molar-refractivity contribution in [2.24, 2.45) is 0 Å². The zero-order valence-electron chi connectivity index (χ0n) is 43.0. The molecule has 0 aliphatic carbocycles. The Balaban J connectivity index is 0.000000389. The molecule has 0 bridgehead atoms. The molecule has 380 valence electrons. The summed E-state index contributed by atoms with van der Waals surface area (Å²) in [5.74, 6) is 5.63. The van der Waals surface area contributed by atoms with Crippen molar-refractivity contribution in [2.75, 3.05) is 0 Å². The average Bonchev–Trinajstić information content (AvgIpc) is 4.18. The third-order valence-corrected chi connectivity index (χ3v) is 11.6. The molecule has 0 saturated carbocycles. The van der Waals surface area contributed by atoms with Crippen molar-refractivity contribution in [2.45, 2.75) is 138 Å². The van der Waals surface area contributed by atoms with Gasteiger partial charge in [-0.05, 0) is 157 Å². The van der Waals surface area contributed by atoms with E-state index >= 15 is 0 Å². The average molecular weight is 1080 g/mol. The third kappa shape index (κ3) is 29.7. The number of aryl methyl sites for hydroxylation is 20. The van der Waals surface area contributed by atoms with E-state index in [1.807, 2.05) is 96.9 Å². The molecule has 30 heteroatoms. The molecule has 24 nitrogen and oxygen atoms in total. The van der Waals surface area contributed by atoms with Gasteiger partial charge < -0.3 is 13.5 Å². The summed E-state index contributed by atoms with van der Waals surface area (Å²) in [6.45, 7) is 37.8. The SMILES string of the molecule is Cc1nnc(C)o1.Cc1nnc(C)s1.Cc1nnsc1C.Cc1nnsc1C.Cc1noc(C)n1.Cc1noc(C)n1.Cc1nonc1C.Cc1nsc(C)n1.Cc1nsc(C)n1.Cc1nsnc1C. The van der Waals surface area contributed by atoms with Crippen LogP contribution in [0.2, 0.25) is 0 Å². The van der Waals surface area contributed by atoms with Gasteiger partial charge in [0, 0.05) is 37.4 Å². The molecule has 0 aromatic carbocycles. The largest absolute Gasteiger partial charge is 0.426 e. The third-order valence-electron chi connectivity index (χ3n) is 7.29. The first-order valence-corrected chi connectivity index (χ1v) is 25.2. The fraction of sp³-hybridized carbons (Fsp3) is 0.500. The molecule has 0 saturated heterocycles. The first-order valence-electron chi connectivity index (χ1n) is 20.6. The second kappa shape index (κ2) is 34.3. The Morgan fingerprint density at radius 3 is 0.800 bits per heavy atom. The molecular formula is C40H60N20O4S6. The predicted molar refractivity (Wildman–Crippen MR) is 271 cm³/mol. The predicted octanol–water partition coefficient (Wildman–Crippen LogP) is 9.68. The topological polar surface area (TPSA) is 310 Å². The van der Waals surface area contributed by atoms with Gasteiger partial charge in [-0.15, -0.1) is 41.9 Å². The summed E-state index contributed by atoms with van der Waals surface area (Å²) in [6.07, 6.45) is 0. The van der Waals surface area contributed by atoms with Crippen LogP contribution in [-0.2, 0) is 0 Å². The molecule has 10 heterocycles. The number of hydrogen-bond donors (Lipinski definition) is 0. The summed E-state index contributed by atoms with van der Waals surface area (Å²) in [5.41, 5.74) is 5.91. The van der Waals surface area contributed by atoms with Crippen LogP contribution >= 0.6 is 69.2 Å². The van der Waals surface area contributed by atoms with E-state index in [-0.39, 0.29) is 0 Å². The van der Waals surface area contributed by atoms with Crippen LogP contribution in [0.25, 0.3) is 0 Å². The summed E-state index contributed by atoms with van der Waals surface area (Å²) < 4.78 is 41.6. The monoisotopic (exact) mass is 1080 g/mol. The van der Waals surface area contributed by atoms with Crippen LogP contribution in [0.5, 0.6) is 0 Å². The van der Waals surface area contributed by atoms with Crippen molar-refractivity contribution in [3.8, 4) is 0 Å². The normalized spacial score (nSPS) is 9.43. The summed E-state index contributed by atoms with van der Waals surface area (Å²) in [7, 11) is 0. The van der Waals surface area contributed by atoms with E-state index in [0.717, 1.165) is 65.8 Å². The Morgan fingerprint density at radius 2 is 0.700 bits per heavy atom. The Kier molecular flexibility index (Phi) is 30.3. The van der Waals surface area contributed by atoms with Gasteiger partial charge in [0.1, 0.15) is 43.1 Å². The molecular weight excluding hydrogens is 1020 g/mol. The highest BCUT2D eigenvalue weighted by Crippen LogP contribution is 2.06. The van der Waals surface area contributed by atoms with E-state index in [9.17, 15) is 0 Å². The molecule has 0 aliphatic rings. The first kappa shape index (κ1) is 61.9. The van der Waals surface area contributed by atoms with Gasteiger partial charge in [-0.3, -0.25) is 0 Å². The van der Waals surface area contributed by atoms with E-state index in [1.54, 1.807) is 52.9 Å². The molecule has 10 aromatic rings. The molecule has 0 aliphatic heterocycles. The van der Waals surface area contributed by atoms with Gasteiger partial charge in [-0.1, -0.05) is 29.6 Å². The van der Waals surface area contributed by atoms with Crippen LogP contribution in [0.1, 0.15) is 111 Å². The molecule has 0 N–H and O–H groups in total. The molecule has 0 amide bonds. The van der Waals surface area contributed by atoms with E-state index in [4.69, 9.17) is 4.42 Å². The van der Waals surface area contributed by atoms with Gasteiger partial charge in [-0.25, -0.2) is 14.6 Å². The summed E-state index contributed by atoms with van der Waals surface area (Å²) in [4.78, 5) is 18.1. The smallest absolute Gasteiger partial charge is 0.223 e. The molecule has 70 heavy (non-hydrogen) atoms. The second-order valence-corrected chi connectivity index (χ2v) is 19.6. The fourth-order valence-corrected chi connectivity index (χ4v) is 6.52. The van der Waals surface area contributed by atoms with Crippen molar-refractivity contribution >= 4 is 69.2 Å². The lowest BCUT2D eigenvalue weighted by Crippen LogP contribution is -1.71. The van der Waals surface area contributed by atoms with Crippen molar-refractivity contribution in [3.63, 3.8) is 0 Å². The van der Waals surface area contributed by atoms with Crippen molar-refractivity contribution < 1.29 is 18.1 Å².